The Morgan fingerprint density at radius 1 is 0.385 bits per heavy atom. The van der Waals surface area contributed by atoms with E-state index < -0.39 is 0 Å². The number of hydrogen-bond donors (Lipinski definition) is 0. The summed E-state index contributed by atoms with van der Waals surface area (Å²) in [4.78, 5) is 11.3. The van der Waals surface area contributed by atoms with Crippen LogP contribution in [0.1, 0.15) is 0 Å². The van der Waals surface area contributed by atoms with Crippen molar-refractivity contribution in [2.24, 2.45) is 0 Å². The van der Waals surface area contributed by atoms with E-state index in [-0.39, 0.29) is 0 Å². The van der Waals surface area contributed by atoms with E-state index in [4.69, 9.17) is 9.97 Å². The second-order valence-corrected chi connectivity index (χ2v) is 14.7. The lowest BCUT2D eigenvalue weighted by Gasteiger charge is -2.15. The molecule has 0 atom stereocenters. The van der Waals surface area contributed by atoms with Crippen LogP contribution in [-0.4, -0.2) is 14.5 Å². The molecular weight excluding hydrogens is 651 g/mol. The number of benzene rings is 9. The van der Waals surface area contributed by atoms with Crippen molar-refractivity contribution in [1.29, 1.82) is 0 Å². The van der Waals surface area contributed by atoms with Crippen LogP contribution < -0.4 is 0 Å². The molecule has 52 heavy (non-hydrogen) atoms. The number of rotatable bonds is 2. The molecule has 12 rings (SSSR count). The number of aromatic nitrogens is 3. The van der Waals surface area contributed by atoms with Gasteiger partial charge in [0.15, 0.2) is 0 Å². The Morgan fingerprint density at radius 3 is 1.79 bits per heavy atom. The first-order valence-electron chi connectivity index (χ1n) is 17.7. The second kappa shape index (κ2) is 10.5. The molecule has 0 fully saturated rings. The summed E-state index contributed by atoms with van der Waals surface area (Å²) in [6.45, 7) is 0. The molecule has 0 saturated carbocycles. The summed E-state index contributed by atoms with van der Waals surface area (Å²) in [7, 11) is 0. The van der Waals surface area contributed by atoms with Crippen molar-refractivity contribution in [3.05, 3.63) is 164 Å². The van der Waals surface area contributed by atoms with Crippen LogP contribution in [-0.2, 0) is 0 Å². The normalized spacial score (nSPS) is 12.2. The highest BCUT2D eigenvalue weighted by molar-refractivity contribution is 7.27. The lowest BCUT2D eigenvalue weighted by molar-refractivity contribution is 1.02. The number of nitrogens with zero attached hydrogens (tertiary/aromatic N) is 3. The van der Waals surface area contributed by atoms with Gasteiger partial charge < -0.3 is 0 Å². The van der Waals surface area contributed by atoms with Gasteiger partial charge in [0.05, 0.1) is 22.2 Å². The third kappa shape index (κ3) is 3.74. The van der Waals surface area contributed by atoms with E-state index in [2.05, 4.69) is 168 Å². The van der Waals surface area contributed by atoms with Crippen molar-refractivity contribution in [3.63, 3.8) is 0 Å². The molecule has 0 aliphatic heterocycles. The zero-order valence-corrected chi connectivity index (χ0v) is 28.7. The Balaban J connectivity index is 1.37. The molecule has 0 amide bonds. The average Bonchev–Trinajstić information content (AvgIpc) is 3.77. The molecule has 0 N–H and O–H groups in total. The highest BCUT2D eigenvalue weighted by Crippen LogP contribution is 2.49. The first kappa shape index (κ1) is 28.1. The summed E-state index contributed by atoms with van der Waals surface area (Å²) in [6, 6.07) is 59.2. The number of fused-ring (bicyclic) bond motifs is 16. The lowest BCUT2D eigenvalue weighted by atomic mass is 9.97. The van der Waals surface area contributed by atoms with Crippen LogP contribution in [0.15, 0.2) is 164 Å². The molecule has 3 aromatic heterocycles. The third-order valence-electron chi connectivity index (χ3n) is 11.0. The maximum atomic E-state index is 5.68. The summed E-state index contributed by atoms with van der Waals surface area (Å²) in [6.07, 6.45) is 0. The molecule has 9 aromatic carbocycles. The summed E-state index contributed by atoms with van der Waals surface area (Å²) in [5.41, 5.74) is 5.27. The van der Waals surface area contributed by atoms with Crippen LogP contribution in [0.4, 0.5) is 0 Å². The summed E-state index contributed by atoms with van der Waals surface area (Å²) < 4.78 is 4.97. The summed E-state index contributed by atoms with van der Waals surface area (Å²) in [5, 5.41) is 15.5. The minimum absolute atomic E-state index is 0.676. The van der Waals surface area contributed by atoms with Crippen LogP contribution in [0.3, 0.4) is 0 Å². The van der Waals surface area contributed by atoms with E-state index in [1.165, 1.54) is 63.3 Å². The zero-order valence-electron chi connectivity index (χ0n) is 27.8. The molecule has 4 heteroatoms. The van der Waals surface area contributed by atoms with Gasteiger partial charge in [-0.15, -0.1) is 11.3 Å². The average molecular weight is 678 g/mol. The van der Waals surface area contributed by atoms with Gasteiger partial charge >= 0.3 is 0 Å². The Bertz CT molecular complexity index is 3470. The Labute approximate surface area is 301 Å². The number of hydrogen-bond acceptors (Lipinski definition) is 3. The molecule has 0 aliphatic carbocycles. The standard InChI is InChI=1S/C48H27N3S/c1-4-16-31-28(12-1)15-11-22-35(31)44-39-27-25-29-13-2-5-17-32(29)43(39)49-48(50-44)51-45-33-18-6-3-14-30(33)24-26-38(45)41-34-19-7-8-20-36(34)47-42(46(41)51)37-21-9-10-23-40(37)52-47/h1-27H. The molecule has 0 saturated heterocycles. The van der Waals surface area contributed by atoms with Gasteiger partial charge in [0, 0.05) is 58.1 Å². The van der Waals surface area contributed by atoms with Gasteiger partial charge in [0.2, 0.25) is 5.95 Å². The molecule has 3 heterocycles. The van der Waals surface area contributed by atoms with Crippen molar-refractivity contribution >= 4 is 107 Å². The summed E-state index contributed by atoms with van der Waals surface area (Å²) in [5.74, 6) is 0.676. The van der Waals surface area contributed by atoms with E-state index in [1.54, 1.807) is 0 Å². The third-order valence-corrected chi connectivity index (χ3v) is 12.2. The first-order chi connectivity index (χ1) is 25.8. The van der Waals surface area contributed by atoms with E-state index in [0.29, 0.717) is 5.95 Å². The van der Waals surface area contributed by atoms with E-state index in [1.807, 2.05) is 11.3 Å². The van der Waals surface area contributed by atoms with Crippen molar-refractivity contribution in [1.82, 2.24) is 14.5 Å². The quantitative estimate of drug-likeness (QED) is 0.171. The van der Waals surface area contributed by atoms with Crippen molar-refractivity contribution in [3.8, 4) is 17.2 Å². The van der Waals surface area contributed by atoms with Crippen molar-refractivity contribution < 1.29 is 0 Å². The molecule has 240 valence electrons. The highest BCUT2D eigenvalue weighted by Gasteiger charge is 2.25. The molecule has 0 aliphatic rings. The highest BCUT2D eigenvalue weighted by atomic mass is 32.1. The first-order valence-corrected chi connectivity index (χ1v) is 18.5. The second-order valence-electron chi connectivity index (χ2n) is 13.7. The summed E-state index contributed by atoms with van der Waals surface area (Å²) >= 11 is 1.88. The van der Waals surface area contributed by atoms with Crippen molar-refractivity contribution in [2.75, 3.05) is 0 Å². The smallest absolute Gasteiger partial charge is 0.235 e. The molecule has 0 spiro atoms. The Morgan fingerprint density at radius 2 is 0.981 bits per heavy atom. The van der Waals surface area contributed by atoms with E-state index in [9.17, 15) is 0 Å². The minimum Gasteiger partial charge on any atom is -0.277 e. The minimum atomic E-state index is 0.676. The molecule has 0 bridgehead atoms. The number of thiophene rings is 1. The van der Waals surface area contributed by atoms with Crippen LogP contribution in [0.5, 0.6) is 0 Å². The predicted molar refractivity (Wildman–Crippen MR) is 222 cm³/mol. The fourth-order valence-electron chi connectivity index (χ4n) is 8.72. The largest absolute Gasteiger partial charge is 0.277 e. The van der Waals surface area contributed by atoms with Crippen LogP contribution in [0, 0.1) is 0 Å². The fourth-order valence-corrected chi connectivity index (χ4v) is 9.96. The molecule has 0 radical (unpaired) electrons. The van der Waals surface area contributed by atoms with E-state index >= 15 is 0 Å². The Kier molecular flexibility index (Phi) is 5.65. The maximum absolute atomic E-state index is 5.68. The molecule has 3 nitrogen and oxygen atoms in total. The van der Waals surface area contributed by atoms with Gasteiger partial charge in [-0.25, -0.2) is 9.97 Å². The predicted octanol–water partition coefficient (Wildman–Crippen LogP) is 13.4. The van der Waals surface area contributed by atoms with Crippen LogP contribution in [0.2, 0.25) is 0 Å². The Hall–Kier alpha value is -6.62. The van der Waals surface area contributed by atoms with Gasteiger partial charge in [0.25, 0.3) is 0 Å². The molecule has 0 unspecified atom stereocenters. The van der Waals surface area contributed by atoms with Crippen LogP contribution >= 0.6 is 11.3 Å². The fraction of sp³-hybridized carbons (Fsp3) is 0. The van der Waals surface area contributed by atoms with E-state index in [0.717, 1.165) is 44.0 Å². The lowest BCUT2D eigenvalue weighted by Crippen LogP contribution is -2.04. The van der Waals surface area contributed by atoms with Gasteiger partial charge in [-0.1, -0.05) is 152 Å². The van der Waals surface area contributed by atoms with Gasteiger partial charge in [-0.2, -0.15) is 0 Å². The van der Waals surface area contributed by atoms with Gasteiger partial charge in [-0.05, 0) is 39.1 Å². The maximum Gasteiger partial charge on any atom is 0.235 e. The van der Waals surface area contributed by atoms with Gasteiger partial charge in [0.1, 0.15) is 0 Å². The van der Waals surface area contributed by atoms with Gasteiger partial charge in [-0.3, -0.25) is 4.57 Å². The monoisotopic (exact) mass is 677 g/mol. The van der Waals surface area contributed by atoms with Crippen LogP contribution in [0.25, 0.3) is 113 Å². The molecular formula is C48H27N3S. The molecule has 12 aromatic rings. The topological polar surface area (TPSA) is 30.7 Å². The SMILES string of the molecule is c1ccc2c(-c3nc(-n4c5c6ccccc6ccc5c5c6ccccc6c6sc7ccccc7c6c54)nc4c3ccc3ccccc34)cccc2c1. The van der Waals surface area contributed by atoms with Crippen molar-refractivity contribution in [2.45, 2.75) is 0 Å². The zero-order chi connectivity index (χ0) is 33.9.